The first-order valence-electron chi connectivity index (χ1n) is 15.0. The van der Waals surface area contributed by atoms with Gasteiger partial charge in [0.2, 0.25) is 0 Å². The summed E-state index contributed by atoms with van der Waals surface area (Å²) in [6, 6.07) is 31.4. The Hall–Kier alpha value is -4.49. The molecule has 43 heavy (non-hydrogen) atoms. The Morgan fingerprint density at radius 3 is 2.30 bits per heavy atom. The highest BCUT2D eigenvalue weighted by Crippen LogP contribution is 2.41. The number of hydrogen-bond acceptors (Lipinski definition) is 5. The van der Waals surface area contributed by atoms with Crippen molar-refractivity contribution in [3.8, 4) is 21.7 Å². The predicted molar refractivity (Wildman–Crippen MR) is 175 cm³/mol. The number of anilines is 1. The molecular formula is C36H35N3O3S. The fraction of sp³-hybridized carbons (Fsp3) is 0.250. The SMILES string of the molecule is O=C(O)CCNC(=O)c1ccc(CNc2nc(-c3ccc4ccccc4c3)c(-c3ccc(C4CCCCC4)cc3)s2)cc1. The van der Waals surface area contributed by atoms with Crippen LogP contribution in [-0.4, -0.2) is 28.5 Å². The number of carboxylic acid groups (broad SMARTS) is 1. The maximum atomic E-state index is 12.3. The number of rotatable bonds is 10. The van der Waals surface area contributed by atoms with E-state index in [4.69, 9.17) is 10.1 Å². The highest BCUT2D eigenvalue weighted by atomic mass is 32.1. The molecule has 3 N–H and O–H groups in total. The fourth-order valence-electron chi connectivity index (χ4n) is 5.80. The maximum Gasteiger partial charge on any atom is 0.305 e. The second kappa shape index (κ2) is 13.2. The lowest BCUT2D eigenvalue weighted by molar-refractivity contribution is -0.136. The third-order valence-electron chi connectivity index (χ3n) is 8.18. The minimum Gasteiger partial charge on any atom is -0.481 e. The number of carbonyl (C=O) groups excluding carboxylic acids is 1. The zero-order valence-electron chi connectivity index (χ0n) is 24.0. The Morgan fingerprint density at radius 1 is 0.837 bits per heavy atom. The molecule has 0 aliphatic heterocycles. The normalized spacial score (nSPS) is 13.6. The third kappa shape index (κ3) is 6.95. The van der Waals surface area contributed by atoms with Gasteiger partial charge in [0.25, 0.3) is 5.91 Å². The standard InChI is InChI=1S/C36H35N3O3S/c40-32(41)20-21-37-35(42)29-12-10-24(11-13-29)23-38-36-39-33(31-19-16-26-8-4-5-9-30(26)22-31)34(43-36)28-17-14-27(15-18-28)25-6-2-1-3-7-25/h4-5,8-19,22,25H,1-3,6-7,20-21,23H2,(H,37,42)(H,38,39)(H,40,41). The molecule has 6 nitrogen and oxygen atoms in total. The number of aromatic nitrogens is 1. The van der Waals surface area contributed by atoms with Gasteiger partial charge < -0.3 is 15.7 Å². The van der Waals surface area contributed by atoms with Crippen LogP contribution in [0.4, 0.5) is 5.13 Å². The van der Waals surface area contributed by atoms with Crippen molar-refractivity contribution >= 4 is 39.1 Å². The molecule has 1 saturated carbocycles. The summed E-state index contributed by atoms with van der Waals surface area (Å²) >= 11 is 1.66. The van der Waals surface area contributed by atoms with Crippen molar-refractivity contribution in [3.63, 3.8) is 0 Å². The maximum absolute atomic E-state index is 12.3. The number of thiazole rings is 1. The number of amides is 1. The van der Waals surface area contributed by atoms with Crippen LogP contribution in [0, 0.1) is 0 Å². The van der Waals surface area contributed by atoms with Crippen molar-refractivity contribution in [2.45, 2.75) is 51.0 Å². The topological polar surface area (TPSA) is 91.3 Å². The van der Waals surface area contributed by atoms with E-state index >= 15 is 0 Å². The van der Waals surface area contributed by atoms with Gasteiger partial charge in [0.1, 0.15) is 0 Å². The lowest BCUT2D eigenvalue weighted by Crippen LogP contribution is -2.25. The van der Waals surface area contributed by atoms with Crippen LogP contribution in [0.2, 0.25) is 0 Å². The molecule has 4 aromatic carbocycles. The Morgan fingerprint density at radius 2 is 1.56 bits per heavy atom. The Kier molecular flexibility index (Phi) is 8.80. The summed E-state index contributed by atoms with van der Waals surface area (Å²) in [6.45, 7) is 0.665. The first-order chi connectivity index (χ1) is 21.0. The van der Waals surface area contributed by atoms with E-state index in [0.717, 1.165) is 26.8 Å². The molecule has 1 amide bonds. The molecule has 0 atom stereocenters. The van der Waals surface area contributed by atoms with Crippen LogP contribution in [-0.2, 0) is 11.3 Å². The number of aliphatic carboxylic acids is 1. The molecule has 1 aromatic heterocycles. The lowest BCUT2D eigenvalue weighted by Gasteiger charge is -2.22. The zero-order valence-corrected chi connectivity index (χ0v) is 24.8. The molecule has 0 spiro atoms. The summed E-state index contributed by atoms with van der Waals surface area (Å²) in [6.07, 6.45) is 6.47. The van der Waals surface area contributed by atoms with E-state index in [2.05, 4.69) is 77.4 Å². The first kappa shape index (κ1) is 28.6. The van der Waals surface area contributed by atoms with Crippen molar-refractivity contribution < 1.29 is 14.7 Å². The number of nitrogens with one attached hydrogen (secondary N) is 2. The summed E-state index contributed by atoms with van der Waals surface area (Å²) in [7, 11) is 0. The van der Waals surface area contributed by atoms with E-state index in [1.807, 2.05) is 12.1 Å². The van der Waals surface area contributed by atoms with E-state index < -0.39 is 5.97 Å². The molecule has 1 heterocycles. The van der Waals surface area contributed by atoms with E-state index in [0.29, 0.717) is 18.0 Å². The van der Waals surface area contributed by atoms with Crippen LogP contribution in [0.5, 0.6) is 0 Å². The molecule has 1 aliphatic rings. The molecule has 7 heteroatoms. The molecule has 1 fully saturated rings. The predicted octanol–water partition coefficient (Wildman–Crippen LogP) is 8.49. The molecular weight excluding hydrogens is 554 g/mol. The largest absolute Gasteiger partial charge is 0.481 e. The monoisotopic (exact) mass is 589 g/mol. The number of carbonyl (C=O) groups is 2. The van der Waals surface area contributed by atoms with Gasteiger partial charge in [-0.1, -0.05) is 103 Å². The average molecular weight is 590 g/mol. The van der Waals surface area contributed by atoms with Crippen molar-refractivity contribution in [1.29, 1.82) is 0 Å². The van der Waals surface area contributed by atoms with Crippen LogP contribution in [0.25, 0.3) is 32.5 Å². The van der Waals surface area contributed by atoms with Gasteiger partial charge in [-0.25, -0.2) is 4.98 Å². The summed E-state index contributed by atoms with van der Waals surface area (Å²) in [4.78, 5) is 29.2. The van der Waals surface area contributed by atoms with Gasteiger partial charge >= 0.3 is 5.97 Å². The second-order valence-corrected chi connectivity index (χ2v) is 12.2. The van der Waals surface area contributed by atoms with Gasteiger partial charge in [0, 0.05) is 24.2 Å². The van der Waals surface area contributed by atoms with Crippen LogP contribution in [0.15, 0.2) is 91.0 Å². The van der Waals surface area contributed by atoms with Gasteiger partial charge in [-0.3, -0.25) is 9.59 Å². The van der Waals surface area contributed by atoms with Gasteiger partial charge in [-0.05, 0) is 64.4 Å². The van der Waals surface area contributed by atoms with Crippen LogP contribution in [0.1, 0.15) is 65.9 Å². The summed E-state index contributed by atoms with van der Waals surface area (Å²) in [5.74, 6) is -0.546. The summed E-state index contributed by atoms with van der Waals surface area (Å²) in [5, 5.41) is 18.1. The van der Waals surface area contributed by atoms with Crippen LogP contribution in [0.3, 0.4) is 0 Å². The van der Waals surface area contributed by atoms with E-state index in [1.54, 1.807) is 23.5 Å². The smallest absolute Gasteiger partial charge is 0.305 e. The van der Waals surface area contributed by atoms with Gasteiger partial charge in [-0.15, -0.1) is 0 Å². The van der Waals surface area contributed by atoms with Gasteiger partial charge in [-0.2, -0.15) is 0 Å². The van der Waals surface area contributed by atoms with Crippen molar-refractivity contribution in [2.24, 2.45) is 0 Å². The molecule has 0 unspecified atom stereocenters. The molecule has 218 valence electrons. The van der Waals surface area contributed by atoms with Gasteiger partial charge in [0.05, 0.1) is 17.0 Å². The molecule has 0 bridgehead atoms. The second-order valence-electron chi connectivity index (χ2n) is 11.2. The molecule has 0 saturated heterocycles. The van der Waals surface area contributed by atoms with E-state index in [1.165, 1.54) is 54.0 Å². The highest BCUT2D eigenvalue weighted by Gasteiger charge is 2.18. The van der Waals surface area contributed by atoms with Crippen molar-refractivity contribution in [1.82, 2.24) is 10.3 Å². The number of carboxylic acids is 1. The quantitative estimate of drug-likeness (QED) is 0.152. The Bertz CT molecular complexity index is 1720. The fourth-order valence-corrected chi connectivity index (χ4v) is 6.79. The number of fused-ring (bicyclic) bond motifs is 1. The Labute approximate surface area is 255 Å². The summed E-state index contributed by atoms with van der Waals surface area (Å²) in [5.41, 5.74) is 6.19. The molecule has 0 radical (unpaired) electrons. The van der Waals surface area contributed by atoms with Crippen LogP contribution >= 0.6 is 11.3 Å². The van der Waals surface area contributed by atoms with Crippen molar-refractivity contribution in [3.05, 3.63) is 108 Å². The number of benzene rings is 4. The Balaban J connectivity index is 1.23. The van der Waals surface area contributed by atoms with Gasteiger partial charge in [0.15, 0.2) is 5.13 Å². The van der Waals surface area contributed by atoms with E-state index in [9.17, 15) is 9.59 Å². The number of hydrogen-bond donors (Lipinski definition) is 3. The molecule has 1 aliphatic carbocycles. The average Bonchev–Trinajstić information content (AvgIpc) is 3.48. The summed E-state index contributed by atoms with van der Waals surface area (Å²) < 4.78 is 0. The minimum absolute atomic E-state index is 0.102. The highest BCUT2D eigenvalue weighted by molar-refractivity contribution is 7.19. The minimum atomic E-state index is -0.938. The molecule has 6 rings (SSSR count). The number of nitrogens with zero attached hydrogens (tertiary/aromatic N) is 1. The molecule has 5 aromatic rings. The third-order valence-corrected chi connectivity index (χ3v) is 9.25. The van der Waals surface area contributed by atoms with Crippen molar-refractivity contribution in [2.75, 3.05) is 11.9 Å². The van der Waals surface area contributed by atoms with Crippen LogP contribution < -0.4 is 10.6 Å². The van der Waals surface area contributed by atoms with E-state index in [-0.39, 0.29) is 18.9 Å². The first-order valence-corrected chi connectivity index (χ1v) is 15.8. The lowest BCUT2D eigenvalue weighted by atomic mass is 9.84. The zero-order chi connectivity index (χ0) is 29.6.